The quantitative estimate of drug-likeness (QED) is 0.420. The number of carbonyl (C=O) groups is 3. The molecule has 0 bridgehead atoms. The zero-order valence-corrected chi connectivity index (χ0v) is 21.1. The van der Waals surface area contributed by atoms with Crippen molar-refractivity contribution in [2.45, 2.75) is 77.4 Å². The minimum Gasteiger partial charge on any atom is -0.458 e. The van der Waals surface area contributed by atoms with Gasteiger partial charge in [-0.1, -0.05) is 58.4 Å². The molecule has 0 spiro atoms. The predicted octanol–water partition coefficient (Wildman–Crippen LogP) is 4.02. The van der Waals surface area contributed by atoms with E-state index < -0.39 is 40.9 Å². The Morgan fingerprint density at radius 2 is 1.94 bits per heavy atom. The normalized spacial score (nSPS) is 40.0. The van der Waals surface area contributed by atoms with Gasteiger partial charge in [0.1, 0.15) is 0 Å². The molecule has 7 atom stereocenters. The monoisotopic (exact) mass is 482 g/mol. The Balaban J connectivity index is 1.62. The molecule has 2 N–H and O–H groups in total. The highest BCUT2D eigenvalue weighted by Gasteiger charge is 2.71. The number of ether oxygens (including phenoxy) is 1. The second-order valence-electron chi connectivity index (χ2n) is 11.3. The molecule has 0 heterocycles. The first kappa shape index (κ1) is 25.8. The summed E-state index contributed by atoms with van der Waals surface area (Å²) in [6, 6.07) is 0. The summed E-state index contributed by atoms with van der Waals surface area (Å²) in [5, 5.41) is 23.4. The Kier molecular flexibility index (Phi) is 6.60. The van der Waals surface area contributed by atoms with Crippen molar-refractivity contribution < 1.29 is 29.3 Å². The van der Waals surface area contributed by atoms with E-state index in [4.69, 9.17) is 4.74 Å². The number of aliphatic hydroxyl groups is 2. The first-order valence-corrected chi connectivity index (χ1v) is 12.8. The average Bonchev–Trinajstić information content (AvgIpc) is 2.95. The summed E-state index contributed by atoms with van der Waals surface area (Å²) in [7, 11) is 0. The van der Waals surface area contributed by atoms with Crippen molar-refractivity contribution in [1.29, 1.82) is 0 Å². The van der Waals surface area contributed by atoms with Gasteiger partial charge in [-0.3, -0.25) is 14.4 Å². The van der Waals surface area contributed by atoms with Crippen LogP contribution in [0.4, 0.5) is 0 Å². The topological polar surface area (TPSA) is 101 Å². The fourth-order valence-corrected chi connectivity index (χ4v) is 7.68. The van der Waals surface area contributed by atoms with E-state index in [1.165, 1.54) is 0 Å². The summed E-state index contributed by atoms with van der Waals surface area (Å²) >= 11 is 0. The third-order valence-corrected chi connectivity index (χ3v) is 9.44. The molecule has 0 aromatic rings. The van der Waals surface area contributed by atoms with Gasteiger partial charge in [0.25, 0.3) is 0 Å². The SMILES string of the molecule is C=C1C(=C)[C@](O)(C(=O)COC(=O)CCCCC)[C@@]2(C)CC(O)[C@H]3[C@@H](CCC4=CC(=O)C=C[C@@]43C)[C@H]12. The fraction of sp³-hybridized carbons (Fsp3) is 0.621. The van der Waals surface area contributed by atoms with E-state index in [1.807, 2.05) is 19.9 Å². The van der Waals surface area contributed by atoms with Gasteiger partial charge in [0, 0.05) is 23.2 Å². The number of unbranched alkanes of at least 4 members (excludes halogenated alkanes) is 2. The van der Waals surface area contributed by atoms with Crippen LogP contribution in [-0.2, 0) is 19.1 Å². The van der Waals surface area contributed by atoms with Crippen LogP contribution in [0.25, 0.3) is 0 Å². The third kappa shape index (κ3) is 3.72. The number of carbonyl (C=O) groups excluding carboxylic acids is 3. The van der Waals surface area contributed by atoms with Crippen LogP contribution >= 0.6 is 0 Å². The number of esters is 1. The van der Waals surface area contributed by atoms with E-state index in [9.17, 15) is 24.6 Å². The number of hydrogen-bond donors (Lipinski definition) is 2. The van der Waals surface area contributed by atoms with Gasteiger partial charge in [0.15, 0.2) is 18.0 Å². The van der Waals surface area contributed by atoms with Crippen molar-refractivity contribution in [2.24, 2.45) is 28.6 Å². The summed E-state index contributed by atoms with van der Waals surface area (Å²) in [6.07, 6.45) is 8.77. The zero-order valence-electron chi connectivity index (χ0n) is 21.1. The van der Waals surface area contributed by atoms with Gasteiger partial charge < -0.3 is 14.9 Å². The minimum absolute atomic E-state index is 0.0334. The maximum atomic E-state index is 13.4. The van der Waals surface area contributed by atoms with E-state index in [2.05, 4.69) is 20.1 Å². The van der Waals surface area contributed by atoms with Crippen molar-refractivity contribution in [3.63, 3.8) is 0 Å². The molecule has 0 aliphatic heterocycles. The summed E-state index contributed by atoms with van der Waals surface area (Å²) in [6.45, 7) is 13.7. The van der Waals surface area contributed by atoms with Crippen molar-refractivity contribution >= 4 is 17.5 Å². The van der Waals surface area contributed by atoms with Gasteiger partial charge in [0.2, 0.25) is 5.78 Å². The maximum Gasteiger partial charge on any atom is 0.306 e. The van der Waals surface area contributed by atoms with Crippen LogP contribution in [0, 0.1) is 28.6 Å². The van der Waals surface area contributed by atoms with E-state index in [0.29, 0.717) is 24.8 Å². The molecular formula is C29H38O6. The van der Waals surface area contributed by atoms with Gasteiger partial charge in [-0.15, -0.1) is 0 Å². The standard InChI is InChI=1S/C29H38O6/c1-6-7-8-9-24(33)35-16-23(32)29(34)18(3)17(2)25-21-11-10-19-14-20(30)12-13-27(19,4)26(21)22(31)15-28(25,29)5/h12-14,21-22,25-26,31,34H,2-3,6-11,15-16H2,1,4-5H3/t21-,22?,25-,26+,27-,28-,29-/m0/s1. The molecule has 6 heteroatoms. The van der Waals surface area contributed by atoms with Crippen LogP contribution in [0.2, 0.25) is 0 Å². The van der Waals surface area contributed by atoms with E-state index >= 15 is 0 Å². The van der Waals surface area contributed by atoms with Crippen molar-refractivity contribution in [3.8, 4) is 0 Å². The lowest BCUT2D eigenvalue weighted by Gasteiger charge is -2.59. The summed E-state index contributed by atoms with van der Waals surface area (Å²) < 4.78 is 5.24. The fourth-order valence-electron chi connectivity index (χ4n) is 7.68. The van der Waals surface area contributed by atoms with Crippen LogP contribution in [0.3, 0.4) is 0 Å². The van der Waals surface area contributed by atoms with Crippen molar-refractivity contribution in [3.05, 3.63) is 48.1 Å². The molecule has 0 radical (unpaired) electrons. The Labute approximate surface area is 207 Å². The number of ketones is 2. The summed E-state index contributed by atoms with van der Waals surface area (Å²) in [5.74, 6) is -1.60. The molecule has 6 nitrogen and oxygen atoms in total. The Morgan fingerprint density at radius 1 is 1.23 bits per heavy atom. The molecule has 35 heavy (non-hydrogen) atoms. The van der Waals surface area contributed by atoms with Gasteiger partial charge in [-0.2, -0.15) is 0 Å². The molecule has 0 saturated heterocycles. The second-order valence-corrected chi connectivity index (χ2v) is 11.3. The molecule has 3 saturated carbocycles. The van der Waals surface area contributed by atoms with Crippen LogP contribution in [0.15, 0.2) is 48.1 Å². The largest absolute Gasteiger partial charge is 0.458 e. The summed E-state index contributed by atoms with van der Waals surface area (Å²) in [4.78, 5) is 37.6. The highest BCUT2D eigenvalue weighted by atomic mass is 16.5. The predicted molar refractivity (Wildman–Crippen MR) is 132 cm³/mol. The number of rotatable bonds is 7. The molecule has 1 unspecified atom stereocenters. The van der Waals surface area contributed by atoms with E-state index in [1.54, 1.807) is 12.2 Å². The highest BCUT2D eigenvalue weighted by molar-refractivity contribution is 6.01. The first-order chi connectivity index (χ1) is 16.4. The molecular weight excluding hydrogens is 444 g/mol. The molecule has 3 fully saturated rings. The highest BCUT2D eigenvalue weighted by Crippen LogP contribution is 2.69. The lowest BCUT2D eigenvalue weighted by Crippen LogP contribution is -2.62. The minimum atomic E-state index is -1.97. The second kappa shape index (κ2) is 8.97. The van der Waals surface area contributed by atoms with Gasteiger partial charge >= 0.3 is 5.97 Å². The molecule has 4 aliphatic carbocycles. The lowest BCUT2D eigenvalue weighted by molar-refractivity contribution is -0.175. The van der Waals surface area contributed by atoms with Gasteiger partial charge in [-0.05, 0) is 60.8 Å². The Bertz CT molecular complexity index is 1040. The Morgan fingerprint density at radius 3 is 2.63 bits per heavy atom. The molecule has 4 aliphatic rings. The van der Waals surface area contributed by atoms with Crippen molar-refractivity contribution in [1.82, 2.24) is 0 Å². The number of fused-ring (bicyclic) bond motifs is 5. The Hall–Kier alpha value is -2.31. The third-order valence-electron chi connectivity index (χ3n) is 9.44. The number of aliphatic hydroxyl groups excluding tert-OH is 1. The van der Waals surface area contributed by atoms with Crippen LogP contribution in [-0.4, -0.2) is 46.1 Å². The number of hydrogen-bond acceptors (Lipinski definition) is 6. The maximum absolute atomic E-state index is 13.4. The lowest BCUT2D eigenvalue weighted by atomic mass is 9.46. The summed E-state index contributed by atoms with van der Waals surface area (Å²) in [5.41, 5.74) is -1.56. The average molecular weight is 483 g/mol. The zero-order chi connectivity index (χ0) is 25.8. The van der Waals surface area contributed by atoms with Crippen LogP contribution < -0.4 is 0 Å². The van der Waals surface area contributed by atoms with Crippen LogP contribution in [0.5, 0.6) is 0 Å². The molecule has 0 aromatic heterocycles. The smallest absolute Gasteiger partial charge is 0.306 e. The van der Waals surface area contributed by atoms with Gasteiger partial charge in [-0.25, -0.2) is 0 Å². The van der Waals surface area contributed by atoms with E-state index in [0.717, 1.165) is 18.4 Å². The van der Waals surface area contributed by atoms with Gasteiger partial charge in [0.05, 0.1) is 6.10 Å². The number of allylic oxidation sites excluding steroid dienone is 4. The first-order valence-electron chi connectivity index (χ1n) is 12.8. The molecule has 0 aromatic carbocycles. The van der Waals surface area contributed by atoms with Crippen LogP contribution in [0.1, 0.15) is 65.7 Å². The molecule has 190 valence electrons. The molecule has 4 rings (SSSR count). The molecule has 0 amide bonds. The number of Topliss-reactive ketones (excluding diaryl/α,β-unsaturated/α-hetero) is 1. The van der Waals surface area contributed by atoms with E-state index in [-0.39, 0.29) is 42.0 Å². The van der Waals surface area contributed by atoms with Crippen molar-refractivity contribution in [2.75, 3.05) is 6.61 Å².